The average Bonchev–Trinajstić information content (AvgIpc) is 3.63. The van der Waals surface area contributed by atoms with Crippen molar-refractivity contribution in [1.82, 2.24) is 24.4 Å². The quantitative estimate of drug-likeness (QED) is 0.403. The summed E-state index contributed by atoms with van der Waals surface area (Å²) in [7, 11) is -0.865. The highest BCUT2D eigenvalue weighted by molar-refractivity contribution is 7.89. The molecule has 0 bridgehead atoms. The third kappa shape index (κ3) is 5.91. The Balaban J connectivity index is 1.95. The summed E-state index contributed by atoms with van der Waals surface area (Å²) in [5, 5.41) is 6.69. The zero-order valence-corrected chi connectivity index (χ0v) is 25.1. The topological polar surface area (TPSA) is 133 Å². The number of amides is 2. The van der Waals surface area contributed by atoms with Gasteiger partial charge in [0.25, 0.3) is 11.8 Å². The van der Waals surface area contributed by atoms with E-state index in [4.69, 9.17) is 9.47 Å². The number of nitrogens with zero attached hydrogens (tertiary/aromatic N) is 4. The van der Waals surface area contributed by atoms with Crippen LogP contribution in [-0.4, -0.2) is 72.5 Å². The van der Waals surface area contributed by atoms with Crippen molar-refractivity contribution in [2.75, 3.05) is 27.1 Å². The Hall–Kier alpha value is -3.29. The molecule has 3 atom stereocenters. The standard InChI is InChI=1S/C27H35N5O6S2/c1-26(2,3)20-9-8-18(14-21(20)38-5)24(33)32-22(23-28-11-13-39-23)19(16-37-4)15-27(32,17-31-12-7-10-29-31)25(34)30-40(6,35)36/h7-14,19,22H,15-17H2,1-6H3,(H,30,34)/t19-,22-,27-/m1/s1. The van der Waals surface area contributed by atoms with Gasteiger partial charge < -0.3 is 14.4 Å². The Labute approximate surface area is 238 Å². The van der Waals surface area contributed by atoms with E-state index >= 15 is 0 Å². The number of benzene rings is 1. The van der Waals surface area contributed by atoms with Crippen molar-refractivity contribution in [2.45, 2.75) is 50.7 Å². The number of rotatable bonds is 9. The van der Waals surface area contributed by atoms with Gasteiger partial charge in [0.2, 0.25) is 10.0 Å². The smallest absolute Gasteiger partial charge is 0.261 e. The zero-order valence-electron chi connectivity index (χ0n) is 23.4. The van der Waals surface area contributed by atoms with Crippen LogP contribution in [0.5, 0.6) is 5.75 Å². The van der Waals surface area contributed by atoms with Crippen molar-refractivity contribution >= 4 is 33.2 Å². The van der Waals surface area contributed by atoms with E-state index in [9.17, 15) is 18.0 Å². The van der Waals surface area contributed by atoms with Crippen molar-refractivity contribution in [3.05, 3.63) is 64.4 Å². The van der Waals surface area contributed by atoms with Gasteiger partial charge in [0.05, 0.1) is 32.6 Å². The first-order chi connectivity index (χ1) is 18.8. The molecule has 0 saturated carbocycles. The van der Waals surface area contributed by atoms with Crippen molar-refractivity contribution in [2.24, 2.45) is 5.92 Å². The monoisotopic (exact) mass is 589 g/mol. The predicted molar refractivity (Wildman–Crippen MR) is 151 cm³/mol. The second kappa shape index (κ2) is 11.3. The highest BCUT2D eigenvalue weighted by atomic mass is 32.2. The summed E-state index contributed by atoms with van der Waals surface area (Å²) in [4.78, 5) is 34.6. The fraction of sp³-hybridized carbons (Fsp3) is 0.481. The van der Waals surface area contributed by atoms with Gasteiger partial charge in [-0.1, -0.05) is 26.8 Å². The number of nitrogens with one attached hydrogen (secondary N) is 1. The Kier molecular flexibility index (Phi) is 8.38. The molecule has 3 aromatic rings. The Bertz CT molecular complexity index is 1450. The summed E-state index contributed by atoms with van der Waals surface area (Å²) < 4.78 is 39.5. The molecule has 1 saturated heterocycles. The highest BCUT2D eigenvalue weighted by Crippen LogP contribution is 2.49. The number of methoxy groups -OCH3 is 2. The number of carbonyl (C=O) groups excluding carboxylic acids is 2. The van der Waals surface area contributed by atoms with Gasteiger partial charge in [0.1, 0.15) is 16.3 Å². The summed E-state index contributed by atoms with van der Waals surface area (Å²) in [6.07, 6.45) is 5.90. The van der Waals surface area contributed by atoms with Crippen LogP contribution in [-0.2, 0) is 31.5 Å². The third-order valence-corrected chi connectivity index (χ3v) is 8.43. The van der Waals surface area contributed by atoms with Crippen LogP contribution in [0.1, 0.15) is 54.2 Å². The number of carbonyl (C=O) groups is 2. The Morgan fingerprint density at radius 3 is 2.52 bits per heavy atom. The first-order valence-corrected chi connectivity index (χ1v) is 15.5. The van der Waals surface area contributed by atoms with Gasteiger partial charge in [-0.05, 0) is 35.6 Å². The molecule has 0 unspecified atom stereocenters. The average molecular weight is 590 g/mol. The van der Waals surface area contributed by atoms with Crippen molar-refractivity contribution in [3.8, 4) is 5.75 Å². The largest absolute Gasteiger partial charge is 0.496 e. The SMILES string of the molecule is COC[C@H]1C[C@@](Cn2cccn2)(C(=O)NS(C)(=O)=O)N(C(=O)c2ccc(C(C)(C)C)c(OC)c2)[C@H]1c1nccs1. The van der Waals surface area contributed by atoms with Gasteiger partial charge >= 0.3 is 0 Å². The number of hydrogen-bond donors (Lipinski definition) is 1. The van der Waals surface area contributed by atoms with E-state index in [-0.39, 0.29) is 30.9 Å². The zero-order chi connectivity index (χ0) is 29.3. The summed E-state index contributed by atoms with van der Waals surface area (Å²) in [5.74, 6) is -1.11. The molecule has 0 spiro atoms. The molecule has 2 amide bonds. The maximum atomic E-state index is 14.6. The van der Waals surface area contributed by atoms with Crippen LogP contribution in [0.4, 0.5) is 0 Å². The molecule has 0 radical (unpaired) electrons. The van der Waals surface area contributed by atoms with Crippen LogP contribution in [0.25, 0.3) is 0 Å². The van der Waals surface area contributed by atoms with Crippen LogP contribution < -0.4 is 9.46 Å². The number of ether oxygens (including phenoxy) is 2. The lowest BCUT2D eigenvalue weighted by molar-refractivity contribution is -0.130. The van der Waals surface area contributed by atoms with E-state index in [0.29, 0.717) is 16.3 Å². The maximum Gasteiger partial charge on any atom is 0.261 e. The maximum absolute atomic E-state index is 14.6. The minimum Gasteiger partial charge on any atom is -0.496 e. The molecule has 1 aliphatic rings. The van der Waals surface area contributed by atoms with Crippen LogP contribution in [0.2, 0.25) is 0 Å². The van der Waals surface area contributed by atoms with E-state index in [1.807, 2.05) is 26.8 Å². The van der Waals surface area contributed by atoms with Gasteiger partial charge in [-0.25, -0.2) is 13.4 Å². The van der Waals surface area contributed by atoms with Gasteiger partial charge in [-0.3, -0.25) is 19.0 Å². The molecule has 2 aromatic heterocycles. The molecule has 4 rings (SSSR count). The fourth-order valence-corrected chi connectivity index (χ4v) is 6.77. The molecule has 40 heavy (non-hydrogen) atoms. The number of thiazole rings is 1. The summed E-state index contributed by atoms with van der Waals surface area (Å²) in [6, 6.07) is 6.25. The van der Waals surface area contributed by atoms with Crippen LogP contribution in [0.15, 0.2) is 48.2 Å². The molecule has 0 aliphatic carbocycles. The second-order valence-electron chi connectivity index (χ2n) is 11.0. The number of hydrogen-bond acceptors (Lipinski definition) is 9. The van der Waals surface area contributed by atoms with Crippen molar-refractivity contribution < 1.29 is 27.5 Å². The van der Waals surface area contributed by atoms with E-state index < -0.39 is 33.4 Å². The normalized spacial score (nSPS) is 21.4. The summed E-state index contributed by atoms with van der Waals surface area (Å²) >= 11 is 1.36. The van der Waals surface area contributed by atoms with Gasteiger partial charge in [0, 0.05) is 42.6 Å². The molecule has 1 aliphatic heterocycles. The first-order valence-electron chi connectivity index (χ1n) is 12.7. The molecular weight excluding hydrogens is 554 g/mol. The molecule has 1 N–H and O–H groups in total. The van der Waals surface area contributed by atoms with Crippen LogP contribution >= 0.6 is 11.3 Å². The van der Waals surface area contributed by atoms with E-state index in [1.165, 1.54) is 20.9 Å². The molecule has 11 nitrogen and oxygen atoms in total. The van der Waals surface area contributed by atoms with E-state index in [0.717, 1.165) is 11.8 Å². The molecule has 3 heterocycles. The predicted octanol–water partition coefficient (Wildman–Crippen LogP) is 3.01. The molecule has 216 valence electrons. The third-order valence-electron chi connectivity index (χ3n) is 7.03. The van der Waals surface area contributed by atoms with E-state index in [2.05, 4.69) is 14.8 Å². The molecule has 1 fully saturated rings. The summed E-state index contributed by atoms with van der Waals surface area (Å²) in [6.45, 7) is 6.28. The fourth-order valence-electron chi connectivity index (χ4n) is 5.42. The highest BCUT2D eigenvalue weighted by Gasteiger charge is 2.60. The lowest BCUT2D eigenvalue weighted by Gasteiger charge is -2.39. The van der Waals surface area contributed by atoms with Gasteiger partial charge in [-0.2, -0.15) is 5.10 Å². The number of aromatic nitrogens is 3. The van der Waals surface area contributed by atoms with Crippen LogP contribution in [0.3, 0.4) is 0 Å². The van der Waals surface area contributed by atoms with Gasteiger partial charge in [-0.15, -0.1) is 11.3 Å². The Morgan fingerprint density at radius 2 is 1.98 bits per heavy atom. The minimum atomic E-state index is -3.96. The lowest BCUT2D eigenvalue weighted by Crippen LogP contribution is -2.60. The molecule has 1 aromatic carbocycles. The van der Waals surface area contributed by atoms with Gasteiger partial charge in [0.15, 0.2) is 0 Å². The molecular formula is C27H35N5O6S2. The lowest BCUT2D eigenvalue weighted by atomic mass is 9.85. The van der Waals surface area contributed by atoms with Crippen molar-refractivity contribution in [1.29, 1.82) is 0 Å². The summed E-state index contributed by atoms with van der Waals surface area (Å²) in [5.41, 5.74) is -0.671. The van der Waals surface area contributed by atoms with E-state index in [1.54, 1.807) is 56.4 Å². The Morgan fingerprint density at radius 1 is 1.23 bits per heavy atom. The minimum absolute atomic E-state index is 0.0770. The van der Waals surface area contributed by atoms with Crippen LogP contribution in [0, 0.1) is 5.92 Å². The first kappa shape index (κ1) is 29.7. The second-order valence-corrected chi connectivity index (χ2v) is 13.7. The van der Waals surface area contributed by atoms with Crippen molar-refractivity contribution in [3.63, 3.8) is 0 Å². The number of likely N-dealkylation sites (tertiary alicyclic amines) is 1. The number of sulfonamides is 1. The molecule has 13 heteroatoms.